The molecule has 1 saturated carbocycles. The Morgan fingerprint density at radius 3 is 2.79 bits per heavy atom. The zero-order valence-electron chi connectivity index (χ0n) is 19.0. The average molecular weight is 470 g/mol. The molecular weight excluding hydrogens is 438 g/mol. The fourth-order valence-corrected chi connectivity index (χ4v) is 6.48. The van der Waals surface area contributed by atoms with Crippen molar-refractivity contribution in [2.24, 2.45) is 5.92 Å². The molecule has 1 unspecified atom stereocenters. The molecule has 176 valence electrons. The molecule has 0 spiro atoms. The zero-order chi connectivity index (χ0) is 23.0. The highest BCUT2D eigenvalue weighted by Gasteiger charge is 2.30. The summed E-state index contributed by atoms with van der Waals surface area (Å²) in [7, 11) is -3.26. The van der Waals surface area contributed by atoms with E-state index in [9.17, 15) is 13.2 Å². The quantitative estimate of drug-likeness (QED) is 0.596. The van der Waals surface area contributed by atoms with Crippen LogP contribution in [0, 0.1) is 5.92 Å². The van der Waals surface area contributed by atoms with Gasteiger partial charge < -0.3 is 9.88 Å². The standard InChI is InChI=1S/C24H31N5O3S/c1-33(31,32)28-18-3-2-12-29(15-18)22(30)13-16-4-6-17(7-5-16)19-8-10-25-21-14-27-24-20(23(19)21)9-11-26-24/h8-11,14,16-18,25,28H,2-7,12-13,15H2,1H3. The molecule has 3 aromatic rings. The first kappa shape index (κ1) is 22.3. The number of nitrogens with one attached hydrogen (secondary N) is 2. The maximum Gasteiger partial charge on any atom is 0.222 e. The van der Waals surface area contributed by atoms with Crippen molar-refractivity contribution in [2.75, 3.05) is 19.3 Å². The van der Waals surface area contributed by atoms with Gasteiger partial charge in [-0.15, -0.1) is 0 Å². The van der Waals surface area contributed by atoms with Crippen molar-refractivity contribution in [1.82, 2.24) is 24.6 Å². The molecule has 3 aromatic heterocycles. The average Bonchev–Trinajstić information content (AvgIpc) is 3.27. The summed E-state index contributed by atoms with van der Waals surface area (Å²) in [5.74, 6) is 1.02. The van der Waals surface area contributed by atoms with Crippen LogP contribution in [-0.4, -0.2) is 59.6 Å². The van der Waals surface area contributed by atoms with E-state index >= 15 is 0 Å². The van der Waals surface area contributed by atoms with E-state index in [1.54, 1.807) is 0 Å². The second kappa shape index (κ2) is 9.02. The molecule has 2 fully saturated rings. The molecule has 2 aliphatic rings. The molecule has 5 rings (SSSR count). The number of aromatic amines is 1. The molecule has 1 atom stereocenters. The fourth-order valence-electron chi connectivity index (χ4n) is 5.68. The van der Waals surface area contributed by atoms with Crippen molar-refractivity contribution >= 4 is 37.9 Å². The van der Waals surface area contributed by atoms with Gasteiger partial charge in [0, 0.05) is 48.7 Å². The number of hydrogen-bond donors (Lipinski definition) is 2. The van der Waals surface area contributed by atoms with Crippen LogP contribution >= 0.6 is 0 Å². The minimum atomic E-state index is -3.26. The highest BCUT2D eigenvalue weighted by atomic mass is 32.2. The van der Waals surface area contributed by atoms with Crippen LogP contribution in [0.1, 0.15) is 56.4 Å². The second-order valence-corrected chi connectivity index (χ2v) is 11.4. The maximum absolute atomic E-state index is 13.0. The highest BCUT2D eigenvalue weighted by Crippen LogP contribution is 2.40. The molecular formula is C24H31N5O3S. The van der Waals surface area contributed by atoms with Gasteiger partial charge in [0.05, 0.1) is 18.0 Å². The lowest BCUT2D eigenvalue weighted by Crippen LogP contribution is -2.49. The van der Waals surface area contributed by atoms with E-state index in [4.69, 9.17) is 0 Å². The lowest BCUT2D eigenvalue weighted by Gasteiger charge is -2.35. The number of sulfonamides is 1. The van der Waals surface area contributed by atoms with E-state index in [1.807, 2.05) is 29.6 Å². The summed E-state index contributed by atoms with van der Waals surface area (Å²) in [6, 6.07) is 4.05. The Balaban J connectivity index is 1.22. The third-order valence-corrected chi connectivity index (χ3v) is 7.99. The Morgan fingerprint density at radius 1 is 1.18 bits per heavy atom. The molecule has 0 radical (unpaired) electrons. The first-order valence-corrected chi connectivity index (χ1v) is 13.7. The normalized spacial score (nSPS) is 24.4. The number of carbonyl (C=O) groups excluding carboxylic acids is 1. The summed E-state index contributed by atoms with van der Waals surface area (Å²) in [6.07, 6.45) is 13.2. The minimum Gasteiger partial charge on any atom is -0.360 e. The molecule has 9 heteroatoms. The number of H-pyrrole nitrogens is 1. The van der Waals surface area contributed by atoms with E-state index in [0.717, 1.165) is 61.6 Å². The van der Waals surface area contributed by atoms with Gasteiger partial charge in [0.15, 0.2) is 5.65 Å². The Bertz CT molecular complexity index is 1260. The van der Waals surface area contributed by atoms with Gasteiger partial charge in [0.2, 0.25) is 15.9 Å². The Hall–Kier alpha value is -2.52. The Morgan fingerprint density at radius 2 is 2.00 bits per heavy atom. The Labute approximate surface area is 194 Å². The summed E-state index contributed by atoms with van der Waals surface area (Å²) >= 11 is 0. The molecule has 4 heterocycles. The van der Waals surface area contributed by atoms with Crippen LogP contribution in [0.15, 0.2) is 30.7 Å². The largest absolute Gasteiger partial charge is 0.360 e. The monoisotopic (exact) mass is 469 g/mol. The number of carbonyl (C=O) groups is 1. The molecule has 1 aliphatic carbocycles. The first-order chi connectivity index (χ1) is 15.9. The number of aromatic nitrogens is 3. The molecule has 0 bridgehead atoms. The van der Waals surface area contributed by atoms with Gasteiger partial charge in [0.1, 0.15) is 0 Å². The van der Waals surface area contributed by atoms with Crippen LogP contribution in [0.4, 0.5) is 0 Å². The van der Waals surface area contributed by atoms with Crippen LogP contribution in [0.3, 0.4) is 0 Å². The number of amides is 1. The van der Waals surface area contributed by atoms with Crippen molar-refractivity contribution < 1.29 is 13.2 Å². The predicted molar refractivity (Wildman–Crippen MR) is 128 cm³/mol. The zero-order valence-corrected chi connectivity index (χ0v) is 19.8. The number of likely N-dealkylation sites (tertiary alicyclic amines) is 1. The van der Waals surface area contributed by atoms with Gasteiger partial charge in [-0.2, -0.15) is 0 Å². The van der Waals surface area contributed by atoms with Gasteiger partial charge in [-0.1, -0.05) is 0 Å². The molecule has 1 amide bonds. The topological polar surface area (TPSA) is 108 Å². The predicted octanol–water partition coefficient (Wildman–Crippen LogP) is 3.32. The third-order valence-electron chi connectivity index (χ3n) is 7.23. The number of pyridine rings is 2. The molecule has 8 nitrogen and oxygen atoms in total. The van der Waals surface area contributed by atoms with E-state index < -0.39 is 10.0 Å². The molecule has 33 heavy (non-hydrogen) atoms. The van der Waals surface area contributed by atoms with Crippen molar-refractivity contribution in [3.63, 3.8) is 0 Å². The lowest BCUT2D eigenvalue weighted by atomic mass is 9.76. The maximum atomic E-state index is 13.0. The van der Waals surface area contributed by atoms with E-state index in [0.29, 0.717) is 24.8 Å². The second-order valence-electron chi connectivity index (χ2n) is 9.65. The summed E-state index contributed by atoms with van der Waals surface area (Å²) < 4.78 is 25.8. The number of rotatable bonds is 5. The van der Waals surface area contributed by atoms with Crippen molar-refractivity contribution in [1.29, 1.82) is 0 Å². The molecule has 1 aliphatic heterocycles. The van der Waals surface area contributed by atoms with Gasteiger partial charge in [-0.25, -0.2) is 23.1 Å². The van der Waals surface area contributed by atoms with Crippen molar-refractivity contribution in [2.45, 2.75) is 56.9 Å². The number of hydrogen-bond acceptors (Lipinski definition) is 5. The summed E-state index contributed by atoms with van der Waals surface area (Å²) in [5.41, 5.74) is 3.17. The number of nitrogens with zero attached hydrogens (tertiary/aromatic N) is 3. The van der Waals surface area contributed by atoms with Crippen molar-refractivity contribution in [3.8, 4) is 0 Å². The first-order valence-electron chi connectivity index (χ1n) is 11.8. The van der Waals surface area contributed by atoms with Gasteiger partial charge >= 0.3 is 0 Å². The van der Waals surface area contributed by atoms with Crippen molar-refractivity contribution in [3.05, 3.63) is 36.3 Å². The smallest absolute Gasteiger partial charge is 0.222 e. The SMILES string of the molecule is CS(=O)(=O)NC1CCCN(C(=O)CC2CCC(c3cc[nH]c4cnc5nccc5c34)CC2)C1. The minimum absolute atomic E-state index is 0.161. The number of fused-ring (bicyclic) bond motifs is 3. The summed E-state index contributed by atoms with van der Waals surface area (Å²) in [4.78, 5) is 26.9. The van der Waals surface area contributed by atoms with Crippen LogP contribution in [0.5, 0.6) is 0 Å². The fraction of sp³-hybridized carbons (Fsp3) is 0.542. The van der Waals surface area contributed by atoms with Crippen LogP contribution in [0.2, 0.25) is 0 Å². The van der Waals surface area contributed by atoms with Gasteiger partial charge in [0.25, 0.3) is 0 Å². The Kier molecular flexibility index (Phi) is 6.09. The summed E-state index contributed by atoms with van der Waals surface area (Å²) in [6.45, 7) is 1.20. The highest BCUT2D eigenvalue weighted by molar-refractivity contribution is 7.88. The molecule has 0 aromatic carbocycles. The number of piperidine rings is 1. The molecule has 2 N–H and O–H groups in total. The van der Waals surface area contributed by atoms with Crippen LogP contribution < -0.4 is 4.72 Å². The molecule has 1 saturated heterocycles. The van der Waals surface area contributed by atoms with Gasteiger partial charge in [-0.05, 0) is 68.1 Å². The van der Waals surface area contributed by atoms with Gasteiger partial charge in [-0.3, -0.25) is 4.79 Å². The van der Waals surface area contributed by atoms with Crippen LogP contribution in [0.25, 0.3) is 21.9 Å². The van der Waals surface area contributed by atoms with E-state index in [2.05, 4.69) is 25.7 Å². The third kappa shape index (κ3) is 4.89. The van der Waals surface area contributed by atoms with Crippen LogP contribution in [-0.2, 0) is 14.8 Å². The lowest BCUT2D eigenvalue weighted by molar-refractivity contribution is -0.133. The van der Waals surface area contributed by atoms with E-state index in [1.165, 1.54) is 17.2 Å². The summed E-state index contributed by atoms with van der Waals surface area (Å²) in [5, 5.41) is 2.32. The van der Waals surface area contributed by atoms with E-state index in [-0.39, 0.29) is 11.9 Å².